The Morgan fingerprint density at radius 3 is 1.73 bits per heavy atom. The second-order valence-electron chi connectivity index (χ2n) is 14.4. The van der Waals surface area contributed by atoms with Gasteiger partial charge in [0.05, 0.1) is 24.0 Å². The number of rotatable bonds is 23. The first-order valence-electron chi connectivity index (χ1n) is 19.7. The molecule has 0 saturated carbocycles. The van der Waals surface area contributed by atoms with Crippen molar-refractivity contribution in [2.45, 2.75) is 74.1 Å². The summed E-state index contributed by atoms with van der Waals surface area (Å²) in [5, 5.41) is 21.1. The molecule has 0 aliphatic rings. The third-order valence-electron chi connectivity index (χ3n) is 9.63. The molecule has 0 bridgehead atoms. The molecule has 0 heterocycles. The first-order chi connectivity index (χ1) is 28.8. The zero-order valence-corrected chi connectivity index (χ0v) is 34.2. The van der Waals surface area contributed by atoms with Gasteiger partial charge in [-0.2, -0.15) is 0 Å². The fraction of sp³-hybridized carbons (Fsp3) is 0.318. The van der Waals surface area contributed by atoms with E-state index in [0.717, 1.165) is 5.56 Å². The number of unbranched alkanes of at least 4 members (excludes halogenated alkanes) is 1. The van der Waals surface area contributed by atoms with Crippen LogP contribution in [0.1, 0.15) is 41.5 Å². The Kier molecular flexibility index (Phi) is 18.6. The van der Waals surface area contributed by atoms with Crippen LogP contribution < -0.4 is 38.5 Å². The Morgan fingerprint density at radius 1 is 0.650 bits per heavy atom. The average molecular weight is 839 g/mol. The summed E-state index contributed by atoms with van der Waals surface area (Å²) in [6, 6.07) is 27.1. The standard InChI is InChI=1S/C44H54N8O7S/c45-22-11-10-20-33(46)42(57)48-26-38(54)50-36(25-31-17-8-3-9-18-31)44(59)52(27-32-19-12-21-37(53)40(32)60)28-39(55)49-35(24-30-15-6-2-7-16-30)43(58)51-34(41(47)56)23-29-13-4-1-5-14-29/h1-9,12-19,21,33-36,53,60H,10-11,20,22-28,45-46H2,(H2,47,56)(H,48,57)(H,49,55)(H,50,54)(H,51,58)/t33-,34-,35-,36-/m0/s1. The molecule has 0 fully saturated rings. The quantitative estimate of drug-likeness (QED) is 0.0385. The number of hydrogen-bond acceptors (Lipinski definition) is 10. The molecule has 0 aliphatic heterocycles. The van der Waals surface area contributed by atoms with Crippen molar-refractivity contribution in [2.24, 2.45) is 17.2 Å². The molecule has 11 N–H and O–H groups in total. The van der Waals surface area contributed by atoms with E-state index in [1.807, 2.05) is 6.07 Å². The van der Waals surface area contributed by atoms with E-state index in [1.165, 1.54) is 11.0 Å². The minimum Gasteiger partial charge on any atom is -0.507 e. The van der Waals surface area contributed by atoms with E-state index >= 15 is 0 Å². The smallest absolute Gasteiger partial charge is 0.246 e. The molecule has 0 spiro atoms. The third kappa shape index (κ3) is 15.2. The number of phenolic OH excluding ortho intramolecular Hbond substituents is 1. The summed E-state index contributed by atoms with van der Waals surface area (Å²) in [6.07, 6.45) is 1.88. The highest BCUT2D eigenvalue weighted by Crippen LogP contribution is 2.26. The maximum absolute atomic E-state index is 14.6. The van der Waals surface area contributed by atoms with Crippen molar-refractivity contribution in [1.29, 1.82) is 0 Å². The summed E-state index contributed by atoms with van der Waals surface area (Å²) in [6.45, 7) is -0.837. The molecule has 4 aromatic carbocycles. The summed E-state index contributed by atoms with van der Waals surface area (Å²) in [5.41, 5.74) is 19.8. The van der Waals surface area contributed by atoms with Crippen LogP contribution in [0.25, 0.3) is 0 Å². The summed E-state index contributed by atoms with van der Waals surface area (Å²) in [5.74, 6) is -4.22. The fourth-order valence-corrected chi connectivity index (χ4v) is 6.61. The van der Waals surface area contributed by atoms with Crippen molar-refractivity contribution in [3.63, 3.8) is 0 Å². The number of carbonyl (C=O) groups is 6. The van der Waals surface area contributed by atoms with E-state index in [0.29, 0.717) is 42.5 Å². The molecule has 0 aromatic heterocycles. The highest BCUT2D eigenvalue weighted by Gasteiger charge is 2.31. The Labute approximate surface area is 355 Å². The predicted molar refractivity (Wildman–Crippen MR) is 230 cm³/mol. The third-order valence-corrected chi connectivity index (χ3v) is 10.1. The van der Waals surface area contributed by atoms with Crippen molar-refractivity contribution >= 4 is 48.1 Å². The minimum absolute atomic E-state index is 0.0127. The number of nitrogens with one attached hydrogen (secondary N) is 4. The topological polar surface area (TPSA) is 252 Å². The van der Waals surface area contributed by atoms with Gasteiger partial charge in [0.1, 0.15) is 23.9 Å². The van der Waals surface area contributed by atoms with Gasteiger partial charge in [-0.15, -0.1) is 12.6 Å². The van der Waals surface area contributed by atoms with Crippen LogP contribution in [0.2, 0.25) is 0 Å². The lowest BCUT2D eigenvalue weighted by Crippen LogP contribution is -2.57. The number of nitrogens with zero attached hydrogens (tertiary/aromatic N) is 1. The average Bonchev–Trinajstić information content (AvgIpc) is 3.24. The molecule has 6 amide bonds. The summed E-state index contributed by atoms with van der Waals surface area (Å²) >= 11 is 4.44. The SMILES string of the molecule is NCCCC[C@H](N)C(=O)NCC(=O)N[C@@H](Cc1ccccc1)C(=O)N(CC(=O)N[C@@H](Cc1ccccc1)C(=O)N[C@@H](Cc1ccccc1)C(N)=O)Cc1cccc(O)c1S. The molecule has 0 saturated heterocycles. The number of amides is 6. The second-order valence-corrected chi connectivity index (χ2v) is 14.8. The molecular formula is C44H54N8O7S. The molecule has 0 unspecified atom stereocenters. The van der Waals surface area contributed by atoms with Crippen LogP contribution in [0, 0.1) is 0 Å². The Bertz CT molecular complexity index is 2040. The zero-order valence-electron chi connectivity index (χ0n) is 33.3. The molecule has 4 aromatic rings. The lowest BCUT2D eigenvalue weighted by Gasteiger charge is -2.29. The molecule has 0 aliphatic carbocycles. The van der Waals surface area contributed by atoms with Crippen molar-refractivity contribution in [2.75, 3.05) is 19.6 Å². The van der Waals surface area contributed by atoms with Crippen molar-refractivity contribution in [3.8, 4) is 5.75 Å². The molecule has 15 nitrogen and oxygen atoms in total. The van der Waals surface area contributed by atoms with Crippen molar-refractivity contribution in [3.05, 3.63) is 131 Å². The number of aromatic hydroxyl groups is 1. The highest BCUT2D eigenvalue weighted by molar-refractivity contribution is 7.80. The van der Waals surface area contributed by atoms with E-state index in [2.05, 4.69) is 33.9 Å². The van der Waals surface area contributed by atoms with Gasteiger partial charge in [-0.1, -0.05) is 110 Å². The van der Waals surface area contributed by atoms with Gasteiger partial charge in [0.25, 0.3) is 0 Å². The van der Waals surface area contributed by atoms with Crippen LogP contribution in [-0.2, 0) is 54.6 Å². The molecule has 4 rings (SSSR count). The number of phenols is 1. The fourth-order valence-electron chi connectivity index (χ4n) is 6.39. The number of nitrogens with two attached hydrogens (primary N) is 3. The molecule has 16 heteroatoms. The molecule has 318 valence electrons. The highest BCUT2D eigenvalue weighted by atomic mass is 32.1. The Morgan fingerprint density at radius 2 is 1.18 bits per heavy atom. The van der Waals surface area contributed by atoms with Gasteiger partial charge in [0.15, 0.2) is 0 Å². The van der Waals surface area contributed by atoms with Crippen LogP contribution in [0.3, 0.4) is 0 Å². The number of thiol groups is 1. The maximum atomic E-state index is 14.6. The predicted octanol–water partition coefficient (Wildman–Crippen LogP) is 1.25. The molecular weight excluding hydrogens is 785 g/mol. The minimum atomic E-state index is -1.23. The largest absolute Gasteiger partial charge is 0.507 e. The van der Waals surface area contributed by atoms with E-state index < -0.39 is 72.7 Å². The van der Waals surface area contributed by atoms with Gasteiger partial charge in [0.2, 0.25) is 35.4 Å². The number of carbonyl (C=O) groups excluding carboxylic acids is 6. The van der Waals surface area contributed by atoms with E-state index in [1.54, 1.807) is 97.1 Å². The zero-order chi connectivity index (χ0) is 43.4. The first kappa shape index (κ1) is 46.5. The van der Waals surface area contributed by atoms with Crippen molar-refractivity contribution < 1.29 is 33.9 Å². The number of benzene rings is 4. The lowest BCUT2D eigenvalue weighted by atomic mass is 10.0. The van der Waals surface area contributed by atoms with Gasteiger partial charge in [-0.05, 0) is 47.7 Å². The maximum Gasteiger partial charge on any atom is 0.246 e. The summed E-state index contributed by atoms with van der Waals surface area (Å²) in [4.78, 5) is 82.4. The van der Waals surface area contributed by atoms with E-state index in [-0.39, 0.29) is 36.5 Å². The van der Waals surface area contributed by atoms with Crippen molar-refractivity contribution in [1.82, 2.24) is 26.2 Å². The van der Waals surface area contributed by atoms with Crippen LogP contribution in [0.5, 0.6) is 5.75 Å². The van der Waals surface area contributed by atoms with Gasteiger partial charge in [0, 0.05) is 25.8 Å². The number of hydrogen-bond donors (Lipinski definition) is 9. The molecule has 60 heavy (non-hydrogen) atoms. The Hall–Kier alpha value is -6.23. The van der Waals surface area contributed by atoms with E-state index in [4.69, 9.17) is 17.2 Å². The van der Waals surface area contributed by atoms with Gasteiger partial charge in [-0.25, -0.2) is 0 Å². The van der Waals surface area contributed by atoms with Crippen LogP contribution >= 0.6 is 12.6 Å². The normalized spacial score (nSPS) is 12.8. The summed E-state index contributed by atoms with van der Waals surface area (Å²) < 4.78 is 0. The monoisotopic (exact) mass is 838 g/mol. The van der Waals surface area contributed by atoms with Gasteiger partial charge < -0.3 is 48.5 Å². The van der Waals surface area contributed by atoms with Crippen LogP contribution in [0.15, 0.2) is 114 Å². The van der Waals surface area contributed by atoms with E-state index in [9.17, 15) is 33.9 Å². The van der Waals surface area contributed by atoms with Crippen LogP contribution in [-0.4, -0.2) is 89.3 Å². The lowest BCUT2D eigenvalue weighted by molar-refractivity contribution is -0.140. The van der Waals surface area contributed by atoms with Gasteiger partial charge in [-0.3, -0.25) is 28.8 Å². The van der Waals surface area contributed by atoms with Gasteiger partial charge >= 0.3 is 0 Å². The Balaban J connectivity index is 1.60. The number of primary amides is 1. The molecule has 4 atom stereocenters. The van der Waals surface area contributed by atoms with Crippen LogP contribution in [0.4, 0.5) is 0 Å². The summed E-state index contributed by atoms with van der Waals surface area (Å²) in [7, 11) is 0. The molecule has 0 radical (unpaired) electrons. The second kappa shape index (κ2) is 24.0. The first-order valence-corrected chi connectivity index (χ1v) is 20.1.